The molecule has 2 aromatic rings. The van der Waals surface area contributed by atoms with Crippen molar-refractivity contribution in [1.29, 1.82) is 5.26 Å². The van der Waals surface area contributed by atoms with Crippen molar-refractivity contribution in [3.8, 4) is 6.07 Å². The second-order valence-corrected chi connectivity index (χ2v) is 5.77. The lowest BCUT2D eigenvalue weighted by atomic mass is 10.1. The zero-order valence-electron chi connectivity index (χ0n) is 11.0. The Hall–Kier alpha value is -1.60. The van der Waals surface area contributed by atoms with E-state index in [0.29, 0.717) is 11.6 Å². The molecule has 1 saturated carbocycles. The maximum atomic E-state index is 9.05. The van der Waals surface area contributed by atoms with E-state index >= 15 is 0 Å². The number of nitrogens with one attached hydrogen (secondary N) is 1. The molecule has 0 amide bonds. The number of hydrogen-bond donors (Lipinski definition) is 1. The first kappa shape index (κ1) is 12.4. The van der Waals surface area contributed by atoms with Crippen LogP contribution in [0, 0.1) is 22.0 Å². The minimum atomic E-state index is 0.447. The summed E-state index contributed by atoms with van der Waals surface area (Å²) in [7, 11) is 0. The molecular formula is C15H17N3S. The van der Waals surface area contributed by atoms with Crippen LogP contribution in [0.15, 0.2) is 18.2 Å². The van der Waals surface area contributed by atoms with Crippen molar-refractivity contribution in [1.82, 2.24) is 9.55 Å². The largest absolute Gasteiger partial charge is 0.331 e. The summed E-state index contributed by atoms with van der Waals surface area (Å²) in [6, 6.07) is 8.37. The Balaban J connectivity index is 2.11. The Morgan fingerprint density at radius 2 is 2.32 bits per heavy atom. The number of nitriles is 1. The van der Waals surface area contributed by atoms with Gasteiger partial charge in [-0.1, -0.05) is 19.8 Å². The van der Waals surface area contributed by atoms with E-state index in [4.69, 9.17) is 17.5 Å². The second-order valence-electron chi connectivity index (χ2n) is 5.39. The Morgan fingerprint density at radius 1 is 1.53 bits per heavy atom. The Kier molecular flexibility index (Phi) is 3.16. The van der Waals surface area contributed by atoms with Gasteiger partial charge in [0.05, 0.1) is 22.7 Å². The molecule has 1 heterocycles. The molecule has 0 bridgehead atoms. The first-order chi connectivity index (χ1) is 9.22. The summed E-state index contributed by atoms with van der Waals surface area (Å²) >= 11 is 5.47. The summed E-state index contributed by atoms with van der Waals surface area (Å²) in [6.07, 6.45) is 4.99. The number of hydrogen-bond acceptors (Lipinski definition) is 2. The van der Waals surface area contributed by atoms with Gasteiger partial charge < -0.3 is 9.55 Å². The number of imidazole rings is 1. The average molecular weight is 271 g/mol. The normalized spacial score (nSPS) is 16.4. The molecule has 1 N–H and O–H groups in total. The van der Waals surface area contributed by atoms with Crippen LogP contribution in [0.1, 0.15) is 44.2 Å². The van der Waals surface area contributed by atoms with Gasteiger partial charge in [0.2, 0.25) is 0 Å². The van der Waals surface area contributed by atoms with E-state index in [9.17, 15) is 0 Å². The maximum absolute atomic E-state index is 9.05. The molecule has 1 fully saturated rings. The van der Waals surface area contributed by atoms with Crippen LogP contribution in [0.5, 0.6) is 0 Å². The van der Waals surface area contributed by atoms with Crippen LogP contribution in [0.4, 0.5) is 0 Å². The molecule has 1 aliphatic rings. The predicted molar refractivity (Wildman–Crippen MR) is 78.5 cm³/mol. The summed E-state index contributed by atoms with van der Waals surface area (Å²) in [5.41, 5.74) is 2.78. The summed E-state index contributed by atoms with van der Waals surface area (Å²) in [4.78, 5) is 3.26. The van der Waals surface area contributed by atoms with Gasteiger partial charge in [0.25, 0.3) is 0 Å². The molecule has 0 aliphatic heterocycles. The average Bonchev–Trinajstić information content (AvgIpc) is 3.18. The van der Waals surface area contributed by atoms with Crippen molar-refractivity contribution in [3.05, 3.63) is 28.5 Å². The van der Waals surface area contributed by atoms with Crippen LogP contribution in [0.2, 0.25) is 0 Å². The van der Waals surface area contributed by atoms with Gasteiger partial charge in [0, 0.05) is 6.04 Å². The SMILES string of the molecule is CCC(CC1CC1)n1c(=S)[nH]c2ccc(C#N)cc21. The smallest absolute Gasteiger partial charge is 0.178 e. The van der Waals surface area contributed by atoms with Crippen molar-refractivity contribution >= 4 is 23.3 Å². The number of fused-ring (bicyclic) bond motifs is 1. The molecule has 1 unspecified atom stereocenters. The molecule has 1 aromatic heterocycles. The van der Waals surface area contributed by atoms with Crippen molar-refractivity contribution in [2.75, 3.05) is 0 Å². The highest BCUT2D eigenvalue weighted by Crippen LogP contribution is 2.39. The Morgan fingerprint density at radius 3 is 2.95 bits per heavy atom. The molecule has 0 radical (unpaired) electrons. The van der Waals surface area contributed by atoms with Crippen LogP contribution >= 0.6 is 12.2 Å². The quantitative estimate of drug-likeness (QED) is 0.841. The van der Waals surface area contributed by atoms with Gasteiger partial charge in [-0.2, -0.15) is 5.26 Å². The third kappa shape index (κ3) is 2.31. The van der Waals surface area contributed by atoms with Gasteiger partial charge in [-0.3, -0.25) is 0 Å². The fraction of sp³-hybridized carbons (Fsp3) is 0.467. The summed E-state index contributed by atoms with van der Waals surface area (Å²) in [6.45, 7) is 2.21. The highest BCUT2D eigenvalue weighted by atomic mass is 32.1. The van der Waals surface area contributed by atoms with Crippen molar-refractivity contribution in [3.63, 3.8) is 0 Å². The zero-order chi connectivity index (χ0) is 13.4. The standard InChI is InChI=1S/C15H17N3S/c1-2-12(7-10-3-4-10)18-14-8-11(9-16)5-6-13(14)17-15(18)19/h5-6,8,10,12H,2-4,7H2,1H3,(H,17,19). The number of H-pyrrole nitrogens is 1. The molecule has 3 rings (SSSR count). The van der Waals surface area contributed by atoms with Gasteiger partial charge in [-0.05, 0) is 49.2 Å². The summed E-state index contributed by atoms with van der Waals surface area (Å²) < 4.78 is 2.99. The molecule has 1 aliphatic carbocycles. The highest BCUT2D eigenvalue weighted by molar-refractivity contribution is 7.71. The number of aromatic nitrogens is 2. The van der Waals surface area contributed by atoms with Gasteiger partial charge in [0.15, 0.2) is 4.77 Å². The Bertz CT molecular complexity index is 700. The lowest BCUT2D eigenvalue weighted by Crippen LogP contribution is -2.09. The van der Waals surface area contributed by atoms with Gasteiger partial charge in [0.1, 0.15) is 0 Å². The molecule has 19 heavy (non-hydrogen) atoms. The van der Waals surface area contributed by atoms with E-state index in [1.54, 1.807) is 0 Å². The number of benzene rings is 1. The van der Waals surface area contributed by atoms with Crippen LogP contribution in [-0.4, -0.2) is 9.55 Å². The predicted octanol–water partition coefficient (Wildman–Crippen LogP) is 4.32. The minimum Gasteiger partial charge on any atom is -0.331 e. The summed E-state index contributed by atoms with van der Waals surface area (Å²) in [5, 5.41) is 9.05. The van der Waals surface area contributed by atoms with Crippen molar-refractivity contribution < 1.29 is 0 Å². The van der Waals surface area contributed by atoms with Crippen LogP contribution in [0.25, 0.3) is 11.0 Å². The van der Waals surface area contributed by atoms with E-state index in [1.165, 1.54) is 19.3 Å². The number of rotatable bonds is 4. The van der Waals surface area contributed by atoms with Crippen LogP contribution < -0.4 is 0 Å². The van der Waals surface area contributed by atoms with Crippen molar-refractivity contribution in [2.45, 2.75) is 38.6 Å². The fourth-order valence-corrected chi connectivity index (χ4v) is 3.10. The lowest BCUT2D eigenvalue weighted by molar-refractivity contribution is 0.434. The third-order valence-corrected chi connectivity index (χ3v) is 4.28. The molecular weight excluding hydrogens is 254 g/mol. The van der Waals surface area contributed by atoms with E-state index in [-0.39, 0.29) is 0 Å². The lowest BCUT2D eigenvalue weighted by Gasteiger charge is -2.17. The molecule has 4 heteroatoms. The monoisotopic (exact) mass is 271 g/mol. The van der Waals surface area contributed by atoms with Gasteiger partial charge >= 0.3 is 0 Å². The molecule has 0 saturated heterocycles. The first-order valence-electron chi connectivity index (χ1n) is 6.87. The molecule has 98 valence electrons. The minimum absolute atomic E-state index is 0.447. The third-order valence-electron chi connectivity index (χ3n) is 3.99. The summed E-state index contributed by atoms with van der Waals surface area (Å²) in [5.74, 6) is 0.871. The van der Waals surface area contributed by atoms with E-state index in [2.05, 4.69) is 22.5 Å². The topological polar surface area (TPSA) is 44.5 Å². The van der Waals surface area contributed by atoms with Crippen LogP contribution in [0.3, 0.4) is 0 Å². The highest BCUT2D eigenvalue weighted by Gasteiger charge is 2.26. The maximum Gasteiger partial charge on any atom is 0.178 e. The second kappa shape index (κ2) is 4.82. The first-order valence-corrected chi connectivity index (χ1v) is 7.28. The molecule has 1 atom stereocenters. The molecule has 0 spiro atoms. The Labute approximate surface area is 117 Å². The van der Waals surface area contributed by atoms with Gasteiger partial charge in [-0.25, -0.2) is 0 Å². The fourth-order valence-electron chi connectivity index (χ4n) is 2.75. The van der Waals surface area contributed by atoms with E-state index < -0.39 is 0 Å². The van der Waals surface area contributed by atoms with Crippen LogP contribution in [-0.2, 0) is 0 Å². The van der Waals surface area contributed by atoms with Gasteiger partial charge in [-0.15, -0.1) is 0 Å². The number of nitrogens with zero attached hydrogens (tertiary/aromatic N) is 2. The number of aromatic amines is 1. The molecule has 1 aromatic carbocycles. The zero-order valence-corrected chi connectivity index (χ0v) is 11.8. The molecule has 3 nitrogen and oxygen atoms in total. The van der Waals surface area contributed by atoms with E-state index in [1.807, 2.05) is 18.2 Å². The van der Waals surface area contributed by atoms with E-state index in [0.717, 1.165) is 28.1 Å². The van der Waals surface area contributed by atoms with Crippen molar-refractivity contribution in [2.24, 2.45) is 5.92 Å².